The number of thiazole rings is 1. The number of nitrogens with zero attached hydrogens (tertiary/aromatic N) is 2. The summed E-state index contributed by atoms with van der Waals surface area (Å²) in [7, 11) is 0. The van der Waals surface area contributed by atoms with Crippen molar-refractivity contribution >= 4 is 40.6 Å². The van der Waals surface area contributed by atoms with Crippen LogP contribution in [0.15, 0.2) is 58.5 Å². The Bertz CT molecular complexity index is 927. The van der Waals surface area contributed by atoms with Gasteiger partial charge in [-0.3, -0.25) is 14.6 Å². The molecule has 0 spiro atoms. The van der Waals surface area contributed by atoms with Crippen molar-refractivity contribution in [2.75, 3.05) is 11.9 Å². The molecule has 0 fully saturated rings. The number of carbonyl (C=O) groups is 2. The molecular formula is C20H20N4O2S2. The van der Waals surface area contributed by atoms with Crippen molar-refractivity contribution in [3.8, 4) is 0 Å². The van der Waals surface area contributed by atoms with E-state index in [-0.39, 0.29) is 24.8 Å². The molecule has 2 amide bonds. The number of rotatable bonds is 8. The normalized spacial score (nSPS) is 10.5. The van der Waals surface area contributed by atoms with Crippen LogP contribution in [0, 0.1) is 6.92 Å². The maximum Gasteiger partial charge on any atom is 0.251 e. The first kappa shape index (κ1) is 20.0. The van der Waals surface area contributed by atoms with Crippen molar-refractivity contribution in [2.45, 2.75) is 23.4 Å². The summed E-state index contributed by atoms with van der Waals surface area (Å²) in [6.45, 7) is 2.25. The lowest BCUT2D eigenvalue weighted by molar-refractivity contribution is -0.116. The highest BCUT2D eigenvalue weighted by Gasteiger charge is 2.08. The largest absolute Gasteiger partial charge is 0.352 e. The Morgan fingerprint density at radius 3 is 2.68 bits per heavy atom. The van der Waals surface area contributed by atoms with Crippen LogP contribution >= 0.6 is 23.1 Å². The SMILES string of the molecule is Cc1csc(SCc2ccc(C(=O)NCCC(=O)Nc3cccnc3)cc2)n1. The fraction of sp³-hybridized carbons (Fsp3) is 0.200. The van der Waals surface area contributed by atoms with Gasteiger partial charge in [0, 0.05) is 41.6 Å². The van der Waals surface area contributed by atoms with E-state index in [2.05, 4.69) is 20.6 Å². The summed E-state index contributed by atoms with van der Waals surface area (Å²) in [6, 6.07) is 11.0. The van der Waals surface area contributed by atoms with Crippen molar-refractivity contribution in [1.29, 1.82) is 0 Å². The summed E-state index contributed by atoms with van der Waals surface area (Å²) >= 11 is 3.32. The lowest BCUT2D eigenvalue weighted by Gasteiger charge is -2.07. The van der Waals surface area contributed by atoms with E-state index in [1.54, 1.807) is 59.8 Å². The van der Waals surface area contributed by atoms with Crippen LogP contribution in [-0.4, -0.2) is 28.3 Å². The van der Waals surface area contributed by atoms with Crippen LogP contribution in [0.1, 0.15) is 28.0 Å². The molecule has 28 heavy (non-hydrogen) atoms. The van der Waals surface area contributed by atoms with Gasteiger partial charge in [0.05, 0.1) is 11.9 Å². The molecule has 2 aromatic heterocycles. The van der Waals surface area contributed by atoms with Gasteiger partial charge >= 0.3 is 0 Å². The van der Waals surface area contributed by atoms with Gasteiger partial charge in [-0.2, -0.15) is 0 Å². The van der Waals surface area contributed by atoms with E-state index < -0.39 is 0 Å². The summed E-state index contributed by atoms with van der Waals surface area (Å²) in [5.41, 5.74) is 3.38. The minimum atomic E-state index is -0.191. The smallest absolute Gasteiger partial charge is 0.251 e. The molecule has 0 unspecified atom stereocenters. The molecule has 0 saturated carbocycles. The fourth-order valence-electron chi connectivity index (χ4n) is 2.35. The van der Waals surface area contributed by atoms with Crippen LogP contribution in [0.25, 0.3) is 0 Å². The predicted octanol–water partition coefficient (Wildman–Crippen LogP) is 3.90. The zero-order valence-electron chi connectivity index (χ0n) is 15.3. The van der Waals surface area contributed by atoms with Gasteiger partial charge < -0.3 is 10.6 Å². The van der Waals surface area contributed by atoms with E-state index in [0.717, 1.165) is 21.3 Å². The first-order valence-electron chi connectivity index (χ1n) is 8.72. The molecule has 0 aliphatic heterocycles. The third-order valence-electron chi connectivity index (χ3n) is 3.76. The predicted molar refractivity (Wildman–Crippen MR) is 113 cm³/mol. The Kier molecular flexibility index (Phi) is 7.16. The molecule has 0 radical (unpaired) electrons. The van der Waals surface area contributed by atoms with Gasteiger partial charge in [0.15, 0.2) is 0 Å². The molecule has 144 valence electrons. The summed E-state index contributed by atoms with van der Waals surface area (Å²) in [6.07, 6.45) is 3.41. The maximum absolute atomic E-state index is 12.2. The molecule has 6 nitrogen and oxygen atoms in total. The number of hydrogen-bond donors (Lipinski definition) is 2. The van der Waals surface area contributed by atoms with E-state index in [1.807, 2.05) is 24.4 Å². The number of hydrogen-bond acceptors (Lipinski definition) is 6. The van der Waals surface area contributed by atoms with E-state index in [0.29, 0.717) is 11.3 Å². The maximum atomic E-state index is 12.2. The van der Waals surface area contributed by atoms with Crippen LogP contribution in [0.3, 0.4) is 0 Å². The lowest BCUT2D eigenvalue weighted by atomic mass is 10.1. The number of thioether (sulfide) groups is 1. The van der Waals surface area contributed by atoms with Crippen molar-refractivity contribution in [1.82, 2.24) is 15.3 Å². The second-order valence-electron chi connectivity index (χ2n) is 6.04. The molecule has 0 aliphatic carbocycles. The van der Waals surface area contributed by atoms with E-state index in [4.69, 9.17) is 0 Å². The van der Waals surface area contributed by atoms with Gasteiger partial charge in [0.2, 0.25) is 5.91 Å². The topological polar surface area (TPSA) is 84.0 Å². The van der Waals surface area contributed by atoms with Gasteiger partial charge in [-0.05, 0) is 36.8 Å². The molecule has 2 heterocycles. The number of carbonyl (C=O) groups excluding carboxylic acids is 2. The molecular weight excluding hydrogens is 392 g/mol. The summed E-state index contributed by atoms with van der Waals surface area (Å²) in [5, 5.41) is 7.53. The van der Waals surface area contributed by atoms with Gasteiger partial charge in [0.1, 0.15) is 4.34 Å². The van der Waals surface area contributed by atoms with E-state index >= 15 is 0 Å². The highest BCUT2D eigenvalue weighted by Crippen LogP contribution is 2.26. The van der Waals surface area contributed by atoms with Crippen molar-refractivity contribution < 1.29 is 9.59 Å². The average Bonchev–Trinajstić information content (AvgIpc) is 3.12. The first-order valence-corrected chi connectivity index (χ1v) is 10.6. The Hall–Kier alpha value is -2.71. The summed E-state index contributed by atoms with van der Waals surface area (Å²) in [4.78, 5) is 32.4. The first-order chi connectivity index (χ1) is 13.6. The molecule has 1 aromatic carbocycles. The number of pyridine rings is 1. The standard InChI is InChI=1S/C20H20N4O2S2/c1-14-12-27-20(23-14)28-13-15-4-6-16(7-5-15)19(26)22-10-8-18(25)24-17-3-2-9-21-11-17/h2-7,9,11-12H,8,10,13H2,1H3,(H,22,26)(H,24,25). The second-order valence-corrected chi connectivity index (χ2v) is 8.12. The Balaban J connectivity index is 1.41. The minimum absolute atomic E-state index is 0.168. The number of nitrogens with one attached hydrogen (secondary N) is 2. The highest BCUT2D eigenvalue weighted by atomic mass is 32.2. The third kappa shape index (κ3) is 6.17. The Labute approximate surface area is 171 Å². The van der Waals surface area contributed by atoms with Gasteiger partial charge in [-0.25, -0.2) is 4.98 Å². The fourth-order valence-corrected chi connectivity index (χ4v) is 4.15. The minimum Gasteiger partial charge on any atom is -0.352 e. The van der Waals surface area contributed by atoms with Crippen LogP contribution in [0.4, 0.5) is 5.69 Å². The second kappa shape index (κ2) is 10.0. The molecule has 0 saturated heterocycles. The number of anilines is 1. The lowest BCUT2D eigenvalue weighted by Crippen LogP contribution is -2.27. The number of aromatic nitrogens is 2. The number of benzene rings is 1. The average molecular weight is 413 g/mol. The molecule has 0 bridgehead atoms. The quantitative estimate of drug-likeness (QED) is 0.548. The highest BCUT2D eigenvalue weighted by molar-refractivity contribution is 8.00. The zero-order chi connectivity index (χ0) is 19.8. The van der Waals surface area contributed by atoms with Crippen LogP contribution in [0.5, 0.6) is 0 Å². The number of amides is 2. The molecule has 8 heteroatoms. The third-order valence-corrected chi connectivity index (χ3v) is 5.97. The monoisotopic (exact) mass is 412 g/mol. The molecule has 3 aromatic rings. The van der Waals surface area contributed by atoms with Crippen LogP contribution in [0.2, 0.25) is 0 Å². The van der Waals surface area contributed by atoms with Crippen molar-refractivity contribution in [3.05, 3.63) is 71.0 Å². The zero-order valence-corrected chi connectivity index (χ0v) is 17.0. The Morgan fingerprint density at radius 1 is 1.18 bits per heavy atom. The van der Waals surface area contributed by atoms with Gasteiger partial charge in [-0.1, -0.05) is 23.9 Å². The molecule has 3 rings (SSSR count). The van der Waals surface area contributed by atoms with E-state index in [9.17, 15) is 9.59 Å². The summed E-state index contributed by atoms with van der Waals surface area (Å²) < 4.78 is 1.05. The van der Waals surface area contributed by atoms with Crippen molar-refractivity contribution in [3.63, 3.8) is 0 Å². The van der Waals surface area contributed by atoms with Gasteiger partial charge in [-0.15, -0.1) is 11.3 Å². The van der Waals surface area contributed by atoms with E-state index in [1.165, 1.54) is 0 Å². The summed E-state index contributed by atoms with van der Waals surface area (Å²) in [5.74, 6) is 0.450. The van der Waals surface area contributed by atoms with Crippen LogP contribution < -0.4 is 10.6 Å². The van der Waals surface area contributed by atoms with Gasteiger partial charge in [0.25, 0.3) is 5.91 Å². The number of aryl methyl sites for hydroxylation is 1. The molecule has 2 N–H and O–H groups in total. The van der Waals surface area contributed by atoms with Crippen LogP contribution in [-0.2, 0) is 10.5 Å². The van der Waals surface area contributed by atoms with Crippen molar-refractivity contribution in [2.24, 2.45) is 0 Å². The molecule has 0 atom stereocenters. The molecule has 0 aliphatic rings. The Morgan fingerprint density at radius 2 is 2.00 bits per heavy atom.